The van der Waals surface area contributed by atoms with Crippen molar-refractivity contribution in [2.24, 2.45) is 5.92 Å². The normalized spacial score (nSPS) is 16.6. The fraction of sp³-hybridized carbons (Fsp3) is 0.400. The third-order valence-electron chi connectivity index (χ3n) is 4.90. The van der Waals surface area contributed by atoms with E-state index in [4.69, 9.17) is 4.42 Å². The highest BCUT2D eigenvalue weighted by atomic mass is 32.2. The minimum Gasteiger partial charge on any atom is -0.459 e. The maximum Gasteiger partial charge on any atom is 0.287 e. The molecule has 2 amide bonds. The predicted molar refractivity (Wildman–Crippen MR) is 107 cm³/mol. The number of piperazine rings is 1. The van der Waals surface area contributed by atoms with E-state index in [1.54, 1.807) is 41.3 Å². The van der Waals surface area contributed by atoms with Crippen molar-refractivity contribution in [2.45, 2.75) is 24.8 Å². The van der Waals surface area contributed by atoms with Gasteiger partial charge in [0, 0.05) is 26.2 Å². The van der Waals surface area contributed by atoms with E-state index in [9.17, 15) is 18.0 Å². The van der Waals surface area contributed by atoms with Crippen molar-refractivity contribution < 1.29 is 22.4 Å². The Labute approximate surface area is 170 Å². The van der Waals surface area contributed by atoms with E-state index in [0.29, 0.717) is 0 Å². The van der Waals surface area contributed by atoms with E-state index in [2.05, 4.69) is 5.32 Å². The van der Waals surface area contributed by atoms with Gasteiger partial charge in [0.1, 0.15) is 6.04 Å². The third kappa shape index (κ3) is 4.68. The van der Waals surface area contributed by atoms with E-state index in [1.165, 1.54) is 16.6 Å². The van der Waals surface area contributed by atoms with Gasteiger partial charge in [0.25, 0.3) is 5.91 Å². The molecule has 2 heterocycles. The van der Waals surface area contributed by atoms with Crippen molar-refractivity contribution in [3.63, 3.8) is 0 Å². The molecule has 29 heavy (non-hydrogen) atoms. The molecule has 1 aromatic heterocycles. The Morgan fingerprint density at radius 3 is 2.21 bits per heavy atom. The Morgan fingerprint density at radius 1 is 1.00 bits per heavy atom. The van der Waals surface area contributed by atoms with Crippen LogP contribution in [0.15, 0.2) is 58.0 Å². The average Bonchev–Trinajstić information content (AvgIpc) is 3.27. The molecule has 1 aliphatic rings. The molecule has 0 aliphatic carbocycles. The van der Waals surface area contributed by atoms with Crippen LogP contribution >= 0.6 is 0 Å². The molecule has 0 bridgehead atoms. The summed E-state index contributed by atoms with van der Waals surface area (Å²) in [6.07, 6.45) is 1.40. The first kappa shape index (κ1) is 21.1. The van der Waals surface area contributed by atoms with Crippen molar-refractivity contribution in [3.8, 4) is 0 Å². The largest absolute Gasteiger partial charge is 0.459 e. The highest BCUT2D eigenvalue weighted by molar-refractivity contribution is 7.89. The summed E-state index contributed by atoms with van der Waals surface area (Å²) < 4.78 is 31.9. The fourth-order valence-corrected chi connectivity index (χ4v) is 4.66. The molecule has 8 nitrogen and oxygen atoms in total. The van der Waals surface area contributed by atoms with Gasteiger partial charge in [0.05, 0.1) is 11.2 Å². The van der Waals surface area contributed by atoms with Crippen LogP contribution < -0.4 is 5.32 Å². The van der Waals surface area contributed by atoms with Gasteiger partial charge >= 0.3 is 0 Å². The molecule has 2 aromatic rings. The first-order chi connectivity index (χ1) is 13.8. The number of benzene rings is 1. The van der Waals surface area contributed by atoms with Crippen LogP contribution in [0.5, 0.6) is 0 Å². The number of furan rings is 1. The molecule has 1 fully saturated rings. The van der Waals surface area contributed by atoms with E-state index in [1.807, 2.05) is 13.8 Å². The molecule has 1 atom stereocenters. The maximum atomic E-state index is 13.0. The lowest BCUT2D eigenvalue weighted by Gasteiger charge is -2.36. The third-order valence-corrected chi connectivity index (χ3v) is 6.81. The number of hydrogen-bond acceptors (Lipinski definition) is 5. The summed E-state index contributed by atoms with van der Waals surface area (Å²) in [6, 6.07) is 10.7. The molecule has 156 valence electrons. The monoisotopic (exact) mass is 419 g/mol. The van der Waals surface area contributed by atoms with Gasteiger partial charge in [0.15, 0.2) is 5.76 Å². The van der Waals surface area contributed by atoms with Crippen LogP contribution in [0, 0.1) is 5.92 Å². The topological polar surface area (TPSA) is 99.9 Å². The lowest BCUT2D eigenvalue weighted by atomic mass is 10.0. The Kier molecular flexibility index (Phi) is 6.39. The molecule has 0 spiro atoms. The lowest BCUT2D eigenvalue weighted by Crippen LogP contribution is -2.57. The average molecular weight is 420 g/mol. The second-order valence-electron chi connectivity index (χ2n) is 7.21. The standard InChI is InChI=1S/C20H25N3O5S/c1-15(2)18(21-19(24)17-9-6-14-28-17)20(25)22-10-12-23(13-11-22)29(26,27)16-7-4-3-5-8-16/h3-9,14-15,18H,10-13H2,1-2H3,(H,21,24)/t18-/m0/s1. The highest BCUT2D eigenvalue weighted by Crippen LogP contribution is 2.18. The number of carbonyl (C=O) groups excluding carboxylic acids is 2. The van der Waals surface area contributed by atoms with Crippen LogP contribution in [0.2, 0.25) is 0 Å². The van der Waals surface area contributed by atoms with E-state index in [-0.39, 0.29) is 48.7 Å². The molecule has 1 aromatic carbocycles. The number of rotatable bonds is 6. The smallest absolute Gasteiger partial charge is 0.287 e. The zero-order valence-corrected chi connectivity index (χ0v) is 17.3. The summed E-state index contributed by atoms with van der Waals surface area (Å²) >= 11 is 0. The first-order valence-corrected chi connectivity index (χ1v) is 10.9. The molecule has 1 aliphatic heterocycles. The quantitative estimate of drug-likeness (QED) is 0.766. The Balaban J connectivity index is 1.64. The van der Waals surface area contributed by atoms with Gasteiger partial charge in [0.2, 0.25) is 15.9 Å². The van der Waals surface area contributed by atoms with Crippen LogP contribution in [-0.2, 0) is 14.8 Å². The second-order valence-corrected chi connectivity index (χ2v) is 9.15. The number of amides is 2. The summed E-state index contributed by atoms with van der Waals surface area (Å²) in [5.74, 6) is -0.668. The molecule has 0 radical (unpaired) electrons. The van der Waals surface area contributed by atoms with Gasteiger partial charge in [-0.2, -0.15) is 4.31 Å². The van der Waals surface area contributed by atoms with Gasteiger partial charge in [-0.1, -0.05) is 32.0 Å². The minimum atomic E-state index is -3.58. The molecule has 9 heteroatoms. The van der Waals surface area contributed by atoms with Crippen molar-refractivity contribution in [1.29, 1.82) is 0 Å². The van der Waals surface area contributed by atoms with Gasteiger partial charge in [-0.15, -0.1) is 0 Å². The minimum absolute atomic E-state index is 0.132. The van der Waals surface area contributed by atoms with Gasteiger partial charge < -0.3 is 14.6 Å². The first-order valence-electron chi connectivity index (χ1n) is 9.49. The summed E-state index contributed by atoms with van der Waals surface area (Å²) in [5.41, 5.74) is 0. The Bertz CT molecular complexity index is 934. The zero-order valence-electron chi connectivity index (χ0n) is 16.4. The summed E-state index contributed by atoms with van der Waals surface area (Å²) in [5, 5.41) is 2.73. The summed E-state index contributed by atoms with van der Waals surface area (Å²) in [6.45, 7) is 4.65. The van der Waals surface area contributed by atoms with Crippen molar-refractivity contribution in [2.75, 3.05) is 26.2 Å². The molecule has 3 rings (SSSR count). The SMILES string of the molecule is CC(C)[C@H](NC(=O)c1ccco1)C(=O)N1CCN(S(=O)(=O)c2ccccc2)CC1. The molecule has 1 saturated heterocycles. The number of sulfonamides is 1. The van der Waals surface area contributed by atoms with Gasteiger partial charge in [-0.3, -0.25) is 9.59 Å². The van der Waals surface area contributed by atoms with Crippen LogP contribution in [0.4, 0.5) is 0 Å². The van der Waals surface area contributed by atoms with Crippen LogP contribution in [0.25, 0.3) is 0 Å². The zero-order chi connectivity index (χ0) is 21.0. The van der Waals surface area contributed by atoms with E-state index in [0.717, 1.165) is 0 Å². The number of nitrogens with one attached hydrogen (secondary N) is 1. The number of carbonyl (C=O) groups is 2. The predicted octanol–water partition coefficient (Wildman–Crippen LogP) is 1.57. The number of hydrogen-bond donors (Lipinski definition) is 1. The fourth-order valence-electron chi connectivity index (χ4n) is 3.22. The van der Waals surface area contributed by atoms with Crippen molar-refractivity contribution in [1.82, 2.24) is 14.5 Å². The van der Waals surface area contributed by atoms with E-state index < -0.39 is 22.0 Å². The highest BCUT2D eigenvalue weighted by Gasteiger charge is 2.34. The van der Waals surface area contributed by atoms with E-state index >= 15 is 0 Å². The molecular formula is C20H25N3O5S. The molecular weight excluding hydrogens is 394 g/mol. The van der Waals surface area contributed by atoms with Crippen LogP contribution in [0.3, 0.4) is 0 Å². The van der Waals surface area contributed by atoms with Crippen LogP contribution in [0.1, 0.15) is 24.4 Å². The number of nitrogens with zero attached hydrogens (tertiary/aromatic N) is 2. The van der Waals surface area contributed by atoms with Gasteiger partial charge in [-0.25, -0.2) is 8.42 Å². The summed E-state index contributed by atoms with van der Waals surface area (Å²) in [4.78, 5) is 27.1. The second kappa shape index (κ2) is 8.79. The Hall–Kier alpha value is -2.65. The molecule has 0 unspecified atom stereocenters. The lowest BCUT2D eigenvalue weighted by molar-refractivity contribution is -0.135. The Morgan fingerprint density at radius 2 is 1.66 bits per heavy atom. The van der Waals surface area contributed by atoms with Gasteiger partial charge in [-0.05, 0) is 30.2 Å². The van der Waals surface area contributed by atoms with Crippen molar-refractivity contribution in [3.05, 3.63) is 54.5 Å². The molecule has 0 saturated carbocycles. The van der Waals surface area contributed by atoms with Crippen molar-refractivity contribution >= 4 is 21.8 Å². The molecule has 1 N–H and O–H groups in total. The maximum absolute atomic E-state index is 13.0. The van der Waals surface area contributed by atoms with Crippen LogP contribution in [-0.4, -0.2) is 61.7 Å². The summed E-state index contributed by atoms with van der Waals surface area (Å²) in [7, 11) is -3.58.